The van der Waals surface area contributed by atoms with E-state index in [0.717, 1.165) is 4.52 Å². The van der Waals surface area contributed by atoms with Gasteiger partial charge in [0.25, 0.3) is 0 Å². The van der Waals surface area contributed by atoms with Gasteiger partial charge >= 0.3 is 0 Å². The van der Waals surface area contributed by atoms with Crippen molar-refractivity contribution in [3.05, 3.63) is 12.4 Å². The standard InChI is InChI=1S/C6H6ClN5O2S/c7-1-2-15(13,14)6-4-8-3-5-9-10-11-12(5)6/h3-4H,1-2H2. The van der Waals surface area contributed by atoms with Crippen LogP contribution in [0, 0.1) is 0 Å². The third-order valence-corrected chi connectivity index (χ3v) is 3.81. The van der Waals surface area contributed by atoms with Crippen LogP contribution < -0.4 is 0 Å². The lowest BCUT2D eigenvalue weighted by atomic mass is 10.7. The van der Waals surface area contributed by atoms with E-state index < -0.39 is 9.84 Å². The lowest BCUT2D eigenvalue weighted by molar-refractivity contribution is 0.586. The fourth-order valence-electron chi connectivity index (χ4n) is 1.07. The van der Waals surface area contributed by atoms with Crippen molar-refractivity contribution >= 4 is 27.1 Å². The molecule has 2 rings (SSSR count). The summed E-state index contributed by atoms with van der Waals surface area (Å²) in [5, 5.41) is 10.5. The molecule has 0 amide bonds. The number of halogens is 1. The van der Waals surface area contributed by atoms with Gasteiger partial charge in [0.15, 0.2) is 20.5 Å². The summed E-state index contributed by atoms with van der Waals surface area (Å²) in [6.45, 7) is 0. The van der Waals surface area contributed by atoms with Crippen molar-refractivity contribution in [2.24, 2.45) is 0 Å². The molecule has 0 N–H and O–H groups in total. The van der Waals surface area contributed by atoms with Crippen LogP contribution in [0.15, 0.2) is 17.4 Å². The summed E-state index contributed by atoms with van der Waals surface area (Å²) in [6.07, 6.45) is 2.57. The van der Waals surface area contributed by atoms with Gasteiger partial charge in [-0.15, -0.1) is 16.7 Å². The Morgan fingerprint density at radius 1 is 1.40 bits per heavy atom. The minimum absolute atomic E-state index is 0.0147. The third-order valence-electron chi connectivity index (χ3n) is 1.74. The number of hydrogen-bond acceptors (Lipinski definition) is 6. The molecule has 0 aliphatic heterocycles. The first kappa shape index (κ1) is 10.2. The average molecular weight is 248 g/mol. The van der Waals surface area contributed by atoms with Gasteiger partial charge in [0, 0.05) is 5.88 Å². The Hall–Kier alpha value is -1.28. The molecule has 0 radical (unpaired) electrons. The number of aromatic nitrogens is 5. The highest BCUT2D eigenvalue weighted by Crippen LogP contribution is 2.10. The van der Waals surface area contributed by atoms with Crippen LogP contribution in [0.5, 0.6) is 0 Å². The summed E-state index contributed by atoms with van der Waals surface area (Å²) in [4.78, 5) is 3.75. The first-order valence-corrected chi connectivity index (χ1v) is 6.14. The van der Waals surface area contributed by atoms with Crippen molar-refractivity contribution in [1.82, 2.24) is 25.0 Å². The van der Waals surface area contributed by atoms with Crippen LogP contribution in [0.4, 0.5) is 0 Å². The van der Waals surface area contributed by atoms with E-state index in [1.54, 1.807) is 0 Å². The van der Waals surface area contributed by atoms with Gasteiger partial charge in [0.2, 0.25) is 0 Å². The molecule has 2 aromatic rings. The molecule has 0 fully saturated rings. The Morgan fingerprint density at radius 2 is 2.20 bits per heavy atom. The van der Waals surface area contributed by atoms with E-state index in [1.165, 1.54) is 12.4 Å². The zero-order chi connectivity index (χ0) is 10.9. The van der Waals surface area contributed by atoms with Gasteiger partial charge in [-0.1, -0.05) is 0 Å². The van der Waals surface area contributed by atoms with Crippen LogP contribution in [-0.4, -0.2) is 45.1 Å². The summed E-state index contributed by atoms with van der Waals surface area (Å²) in [6, 6.07) is 0. The number of rotatable bonds is 3. The summed E-state index contributed by atoms with van der Waals surface area (Å²) >= 11 is 5.40. The van der Waals surface area contributed by atoms with Gasteiger partial charge in [0.1, 0.15) is 0 Å². The molecule has 0 saturated carbocycles. The van der Waals surface area contributed by atoms with Gasteiger partial charge in [-0.05, 0) is 10.4 Å². The fraction of sp³-hybridized carbons (Fsp3) is 0.333. The molecule has 7 nitrogen and oxygen atoms in total. The highest BCUT2D eigenvalue weighted by atomic mass is 35.5. The summed E-state index contributed by atoms with van der Waals surface area (Å²) in [5.41, 5.74) is 0.283. The molecule has 0 saturated heterocycles. The summed E-state index contributed by atoms with van der Waals surface area (Å²) in [7, 11) is -3.48. The van der Waals surface area contributed by atoms with Crippen LogP contribution in [0.1, 0.15) is 0 Å². The average Bonchev–Trinajstić information content (AvgIpc) is 2.64. The van der Waals surface area contributed by atoms with Crippen LogP contribution >= 0.6 is 11.6 Å². The van der Waals surface area contributed by atoms with Crippen molar-refractivity contribution in [3.8, 4) is 0 Å². The lowest BCUT2D eigenvalue weighted by Gasteiger charge is -2.01. The highest BCUT2D eigenvalue weighted by molar-refractivity contribution is 7.91. The molecule has 2 aromatic heterocycles. The van der Waals surface area contributed by atoms with E-state index in [0.29, 0.717) is 0 Å². The Labute approximate surface area is 90.0 Å². The number of alkyl halides is 1. The van der Waals surface area contributed by atoms with E-state index >= 15 is 0 Å². The van der Waals surface area contributed by atoms with Crippen LogP contribution in [0.25, 0.3) is 5.65 Å². The van der Waals surface area contributed by atoms with E-state index in [2.05, 4.69) is 20.5 Å². The van der Waals surface area contributed by atoms with E-state index in [4.69, 9.17) is 11.6 Å². The van der Waals surface area contributed by atoms with Crippen LogP contribution in [0.3, 0.4) is 0 Å². The molecule has 0 aromatic carbocycles. The zero-order valence-electron chi connectivity index (χ0n) is 7.41. The minimum atomic E-state index is -3.48. The molecular formula is C6H6ClN5O2S. The molecule has 2 heterocycles. The highest BCUT2D eigenvalue weighted by Gasteiger charge is 2.19. The monoisotopic (exact) mass is 247 g/mol. The second-order valence-electron chi connectivity index (χ2n) is 2.70. The molecule has 0 spiro atoms. The van der Waals surface area contributed by atoms with E-state index in [-0.39, 0.29) is 22.3 Å². The third kappa shape index (κ3) is 1.77. The maximum Gasteiger partial charge on any atom is 0.198 e. The van der Waals surface area contributed by atoms with Crippen molar-refractivity contribution < 1.29 is 8.42 Å². The Bertz CT molecular complexity index is 580. The summed E-state index contributed by atoms with van der Waals surface area (Å²) < 4.78 is 24.5. The van der Waals surface area contributed by atoms with Crippen LogP contribution in [0.2, 0.25) is 0 Å². The van der Waals surface area contributed by atoms with Gasteiger partial charge in [-0.2, -0.15) is 4.52 Å². The maximum absolute atomic E-state index is 11.7. The van der Waals surface area contributed by atoms with E-state index in [9.17, 15) is 8.42 Å². The second-order valence-corrected chi connectivity index (χ2v) is 5.14. The molecule has 0 unspecified atom stereocenters. The largest absolute Gasteiger partial charge is 0.258 e. The van der Waals surface area contributed by atoms with Crippen molar-refractivity contribution in [2.75, 3.05) is 11.6 Å². The number of hydrogen-bond donors (Lipinski definition) is 0. The zero-order valence-corrected chi connectivity index (χ0v) is 8.98. The van der Waals surface area contributed by atoms with Gasteiger partial charge in [0.05, 0.1) is 18.1 Å². The molecular weight excluding hydrogens is 242 g/mol. The quantitative estimate of drug-likeness (QED) is 0.682. The normalized spacial score (nSPS) is 12.1. The Kier molecular flexibility index (Phi) is 2.53. The smallest absolute Gasteiger partial charge is 0.198 e. The SMILES string of the molecule is O=S(=O)(CCCl)c1cncc2nnnn12. The Balaban J connectivity index is 2.66. The number of fused-ring (bicyclic) bond motifs is 1. The van der Waals surface area contributed by atoms with Crippen molar-refractivity contribution in [2.45, 2.75) is 5.03 Å². The number of nitrogens with zero attached hydrogens (tertiary/aromatic N) is 5. The molecule has 0 aliphatic rings. The minimum Gasteiger partial charge on any atom is -0.258 e. The molecule has 15 heavy (non-hydrogen) atoms. The number of tetrazole rings is 1. The van der Waals surface area contributed by atoms with Gasteiger partial charge in [-0.3, -0.25) is 4.98 Å². The summed E-state index contributed by atoms with van der Waals surface area (Å²) in [5.74, 6) is -0.157. The first-order valence-electron chi connectivity index (χ1n) is 3.96. The predicted molar refractivity (Wildman–Crippen MR) is 51.3 cm³/mol. The van der Waals surface area contributed by atoms with E-state index in [1.807, 2.05) is 0 Å². The molecule has 9 heteroatoms. The van der Waals surface area contributed by atoms with Gasteiger partial charge < -0.3 is 0 Å². The second kappa shape index (κ2) is 3.70. The molecule has 0 aliphatic carbocycles. The first-order chi connectivity index (χ1) is 7.15. The molecule has 0 bridgehead atoms. The maximum atomic E-state index is 11.7. The lowest BCUT2D eigenvalue weighted by Crippen LogP contribution is -2.13. The molecule has 0 atom stereocenters. The van der Waals surface area contributed by atoms with Gasteiger partial charge in [-0.25, -0.2) is 8.42 Å². The van der Waals surface area contributed by atoms with Crippen molar-refractivity contribution in [3.63, 3.8) is 0 Å². The van der Waals surface area contributed by atoms with Crippen LogP contribution in [-0.2, 0) is 9.84 Å². The molecule has 80 valence electrons. The topological polar surface area (TPSA) is 90.1 Å². The number of sulfone groups is 1. The predicted octanol–water partition coefficient (Wildman–Crippen LogP) is -0.468. The Morgan fingerprint density at radius 3 is 2.93 bits per heavy atom. The van der Waals surface area contributed by atoms with Crippen molar-refractivity contribution in [1.29, 1.82) is 0 Å². The fourth-order valence-corrected chi connectivity index (χ4v) is 2.71.